The lowest BCUT2D eigenvalue weighted by molar-refractivity contribution is 0.436. The molecule has 1 N–H and O–H groups in total. The van der Waals surface area contributed by atoms with Crippen molar-refractivity contribution in [2.45, 2.75) is 52.6 Å². The molecule has 0 saturated heterocycles. The summed E-state index contributed by atoms with van der Waals surface area (Å²) in [5.41, 5.74) is 3.02. The molecule has 0 amide bonds. The maximum atomic E-state index is 3.64. The Morgan fingerprint density at radius 3 is 2.06 bits per heavy atom. The highest BCUT2D eigenvalue weighted by molar-refractivity contribution is 14.1. The molecule has 18 heavy (non-hydrogen) atoms. The van der Waals surface area contributed by atoms with Gasteiger partial charge in [0.15, 0.2) is 0 Å². The van der Waals surface area contributed by atoms with Gasteiger partial charge >= 0.3 is 0 Å². The van der Waals surface area contributed by atoms with Crippen molar-refractivity contribution in [3.05, 3.63) is 35.4 Å². The zero-order chi connectivity index (χ0) is 13.8. The summed E-state index contributed by atoms with van der Waals surface area (Å²) in [4.78, 5) is 0. The molecule has 1 atom stereocenters. The zero-order valence-electron chi connectivity index (χ0n) is 12.3. The first-order valence-electron chi connectivity index (χ1n) is 6.73. The minimum atomic E-state index is 0.245. The van der Waals surface area contributed by atoms with Gasteiger partial charge in [-0.2, -0.15) is 0 Å². The van der Waals surface area contributed by atoms with Gasteiger partial charge in [0.05, 0.1) is 0 Å². The highest BCUT2D eigenvalue weighted by Gasteiger charge is 2.13. The first-order chi connectivity index (χ1) is 8.34. The molecule has 0 aliphatic heterocycles. The fourth-order valence-corrected chi connectivity index (χ4v) is 3.17. The predicted molar refractivity (Wildman–Crippen MR) is 89.5 cm³/mol. The Morgan fingerprint density at radius 1 is 1.11 bits per heavy atom. The number of hydrogen-bond acceptors (Lipinski definition) is 1. The Kier molecular flexibility index (Phi) is 6.12. The van der Waals surface area contributed by atoms with Crippen molar-refractivity contribution < 1.29 is 0 Å². The van der Waals surface area contributed by atoms with Gasteiger partial charge in [0, 0.05) is 17.0 Å². The lowest BCUT2D eigenvalue weighted by Gasteiger charge is -2.21. The Balaban J connectivity index is 2.59. The van der Waals surface area contributed by atoms with Crippen LogP contribution in [0, 0.1) is 5.92 Å². The molecule has 0 spiro atoms. The van der Waals surface area contributed by atoms with Gasteiger partial charge in [0.2, 0.25) is 0 Å². The third-order valence-electron chi connectivity index (χ3n) is 3.36. The monoisotopic (exact) mass is 359 g/mol. The molecule has 0 saturated carbocycles. The van der Waals surface area contributed by atoms with E-state index in [1.807, 2.05) is 0 Å². The van der Waals surface area contributed by atoms with Crippen LogP contribution < -0.4 is 5.32 Å². The van der Waals surface area contributed by atoms with Gasteiger partial charge in [0.1, 0.15) is 0 Å². The second-order valence-electron chi connectivity index (χ2n) is 6.33. The molecule has 0 fully saturated rings. The van der Waals surface area contributed by atoms with Crippen molar-refractivity contribution >= 4 is 22.6 Å². The molecule has 1 aromatic carbocycles. The highest BCUT2D eigenvalue weighted by Crippen LogP contribution is 2.22. The minimum Gasteiger partial charge on any atom is -0.309 e. The number of benzene rings is 1. The summed E-state index contributed by atoms with van der Waals surface area (Å²) >= 11 is 2.46. The first-order valence-corrected chi connectivity index (χ1v) is 8.26. The van der Waals surface area contributed by atoms with E-state index in [4.69, 9.17) is 0 Å². The fraction of sp³-hybridized carbons (Fsp3) is 0.625. The summed E-state index contributed by atoms with van der Waals surface area (Å²) < 4.78 is 1.16. The maximum Gasteiger partial charge on any atom is 0.0208 e. The minimum absolute atomic E-state index is 0.245. The van der Waals surface area contributed by atoms with Gasteiger partial charge in [-0.15, -0.1) is 0 Å². The van der Waals surface area contributed by atoms with Crippen LogP contribution >= 0.6 is 22.6 Å². The molecule has 0 aromatic heterocycles. The molecule has 0 radical (unpaired) electrons. The van der Waals surface area contributed by atoms with Crippen LogP contribution in [-0.2, 0) is 12.0 Å². The van der Waals surface area contributed by atoms with Crippen molar-refractivity contribution in [3.63, 3.8) is 0 Å². The number of hydrogen-bond donors (Lipinski definition) is 1. The van der Waals surface area contributed by atoms with Crippen molar-refractivity contribution in [1.82, 2.24) is 5.32 Å². The third kappa shape index (κ3) is 4.88. The summed E-state index contributed by atoms with van der Waals surface area (Å²) in [5.74, 6) is 0.691. The Labute approximate surface area is 126 Å². The molecule has 1 aromatic rings. The van der Waals surface area contributed by atoms with Crippen LogP contribution in [0.2, 0.25) is 0 Å². The lowest BCUT2D eigenvalue weighted by Crippen LogP contribution is -2.34. The van der Waals surface area contributed by atoms with E-state index in [9.17, 15) is 0 Å². The smallest absolute Gasteiger partial charge is 0.0208 e. The van der Waals surface area contributed by atoms with Gasteiger partial charge in [-0.1, -0.05) is 81.5 Å². The van der Waals surface area contributed by atoms with E-state index >= 15 is 0 Å². The van der Waals surface area contributed by atoms with E-state index in [0.29, 0.717) is 12.0 Å². The van der Waals surface area contributed by atoms with Crippen molar-refractivity contribution in [3.8, 4) is 0 Å². The van der Waals surface area contributed by atoms with E-state index < -0.39 is 0 Å². The molecule has 1 nitrogen and oxygen atoms in total. The van der Waals surface area contributed by atoms with Gasteiger partial charge < -0.3 is 5.32 Å². The zero-order valence-corrected chi connectivity index (χ0v) is 14.4. The summed E-state index contributed by atoms with van der Waals surface area (Å²) in [6.45, 7) is 12.3. The normalized spacial score (nSPS) is 13.9. The van der Waals surface area contributed by atoms with E-state index in [2.05, 4.69) is 86.8 Å². The van der Waals surface area contributed by atoms with E-state index in [1.165, 1.54) is 11.1 Å². The van der Waals surface area contributed by atoms with E-state index in [0.717, 1.165) is 11.0 Å². The average molecular weight is 359 g/mol. The molecular formula is C16H26IN. The van der Waals surface area contributed by atoms with Gasteiger partial charge in [-0.05, 0) is 22.5 Å². The molecule has 0 bridgehead atoms. The van der Waals surface area contributed by atoms with Crippen molar-refractivity contribution in [1.29, 1.82) is 0 Å². The number of rotatable bonds is 5. The summed E-state index contributed by atoms with van der Waals surface area (Å²) in [6.07, 6.45) is 0. The van der Waals surface area contributed by atoms with Crippen LogP contribution in [0.4, 0.5) is 0 Å². The molecule has 2 heteroatoms. The summed E-state index contributed by atoms with van der Waals surface area (Å²) in [6, 6.07) is 9.61. The van der Waals surface area contributed by atoms with Crippen LogP contribution in [0.15, 0.2) is 24.3 Å². The second kappa shape index (κ2) is 6.90. The van der Waals surface area contributed by atoms with Crippen LogP contribution in [-0.4, -0.2) is 10.5 Å². The SMILES string of the molecule is CC(C)C(CI)NCc1ccc(C(C)(C)C)cc1. The van der Waals surface area contributed by atoms with E-state index in [-0.39, 0.29) is 5.41 Å². The Hall–Kier alpha value is -0.0900. The average Bonchev–Trinajstić information content (AvgIpc) is 2.29. The molecule has 0 heterocycles. The van der Waals surface area contributed by atoms with Gasteiger partial charge in [0.25, 0.3) is 0 Å². The summed E-state index contributed by atoms with van der Waals surface area (Å²) in [7, 11) is 0. The standard InChI is InChI=1S/C16H26IN/c1-12(2)15(10-17)18-11-13-6-8-14(9-7-13)16(3,4)5/h6-9,12,15,18H,10-11H2,1-5H3. The Morgan fingerprint density at radius 2 is 1.67 bits per heavy atom. The molecule has 102 valence electrons. The quantitative estimate of drug-likeness (QED) is 0.602. The largest absolute Gasteiger partial charge is 0.309 e. The number of nitrogens with one attached hydrogen (secondary N) is 1. The van der Waals surface area contributed by atoms with Gasteiger partial charge in [-0.3, -0.25) is 0 Å². The molecule has 0 aliphatic rings. The van der Waals surface area contributed by atoms with Crippen molar-refractivity contribution in [2.24, 2.45) is 5.92 Å². The highest BCUT2D eigenvalue weighted by atomic mass is 127. The topological polar surface area (TPSA) is 12.0 Å². The molecule has 1 unspecified atom stereocenters. The van der Waals surface area contributed by atoms with Crippen LogP contribution in [0.1, 0.15) is 45.7 Å². The molecular weight excluding hydrogens is 333 g/mol. The molecule has 0 aliphatic carbocycles. The third-order valence-corrected chi connectivity index (χ3v) is 4.31. The predicted octanol–water partition coefficient (Wildman–Crippen LogP) is 4.53. The molecule has 1 rings (SSSR count). The Bertz CT molecular complexity index is 348. The first kappa shape index (κ1) is 16.0. The second-order valence-corrected chi connectivity index (χ2v) is 7.21. The van der Waals surface area contributed by atoms with Gasteiger partial charge in [-0.25, -0.2) is 0 Å². The number of alkyl halides is 1. The number of halogens is 1. The maximum absolute atomic E-state index is 3.64. The van der Waals surface area contributed by atoms with Crippen LogP contribution in [0.25, 0.3) is 0 Å². The van der Waals surface area contributed by atoms with Crippen LogP contribution in [0.3, 0.4) is 0 Å². The van der Waals surface area contributed by atoms with Crippen molar-refractivity contribution in [2.75, 3.05) is 4.43 Å². The van der Waals surface area contributed by atoms with Crippen LogP contribution in [0.5, 0.6) is 0 Å². The van der Waals surface area contributed by atoms with E-state index in [1.54, 1.807) is 0 Å². The summed E-state index contributed by atoms with van der Waals surface area (Å²) in [5, 5.41) is 3.64. The lowest BCUT2D eigenvalue weighted by atomic mass is 9.87. The fourth-order valence-electron chi connectivity index (χ4n) is 1.84.